The van der Waals surface area contributed by atoms with Gasteiger partial charge in [-0.3, -0.25) is 14.4 Å². The van der Waals surface area contributed by atoms with E-state index >= 15 is 0 Å². The van der Waals surface area contributed by atoms with E-state index in [1.807, 2.05) is 50.2 Å². The lowest BCUT2D eigenvalue weighted by molar-refractivity contribution is -0.160. The summed E-state index contributed by atoms with van der Waals surface area (Å²) < 4.78 is 23.9. The molecule has 0 radical (unpaired) electrons. The molecule has 12 nitrogen and oxygen atoms in total. The Kier molecular flexibility index (Phi) is 11.8. The highest BCUT2D eigenvalue weighted by atomic mass is 79.9. The Labute approximate surface area is 319 Å². The molecule has 1 saturated carbocycles. The molecular weight excluding hydrogens is 742 g/mol. The first kappa shape index (κ1) is 38.0. The molecule has 3 atom stereocenters. The second-order valence-electron chi connectivity index (χ2n) is 14.0. The molecule has 0 aromatic heterocycles. The lowest BCUT2D eigenvalue weighted by atomic mass is 9.78. The monoisotopic (exact) mass is 789 g/mol. The van der Waals surface area contributed by atoms with Crippen molar-refractivity contribution in [1.82, 2.24) is 14.8 Å². The second-order valence-corrected chi connectivity index (χ2v) is 14.9. The number of nitrogens with zero attached hydrogens (tertiary/aromatic N) is 3. The van der Waals surface area contributed by atoms with Gasteiger partial charge in [-0.25, -0.2) is 5.84 Å². The summed E-state index contributed by atoms with van der Waals surface area (Å²) in [5, 5.41) is 1.51. The van der Waals surface area contributed by atoms with Crippen LogP contribution in [-0.4, -0.2) is 66.0 Å². The van der Waals surface area contributed by atoms with E-state index < -0.39 is 24.0 Å². The molecule has 0 spiro atoms. The van der Waals surface area contributed by atoms with E-state index in [1.165, 1.54) is 5.01 Å². The van der Waals surface area contributed by atoms with Crippen molar-refractivity contribution in [2.24, 2.45) is 23.4 Å². The van der Waals surface area contributed by atoms with Gasteiger partial charge in [0.05, 0.1) is 31.8 Å². The summed E-state index contributed by atoms with van der Waals surface area (Å²) in [7, 11) is 3.12. The largest absolute Gasteiger partial charge is 0.497 e. The van der Waals surface area contributed by atoms with Crippen molar-refractivity contribution in [2.75, 3.05) is 27.4 Å². The first-order valence-electron chi connectivity index (χ1n) is 18.0. The van der Waals surface area contributed by atoms with Gasteiger partial charge in [-0.2, -0.15) is 0 Å². The van der Waals surface area contributed by atoms with Gasteiger partial charge >= 0.3 is 5.97 Å². The number of esters is 1. The van der Waals surface area contributed by atoms with Crippen LogP contribution in [0.4, 0.5) is 0 Å². The molecule has 3 aromatic rings. The predicted molar refractivity (Wildman–Crippen MR) is 202 cm³/mol. The molecule has 1 fully saturated rings. The number of carbonyl (C=O) groups is 3. The summed E-state index contributed by atoms with van der Waals surface area (Å²) >= 11 is 3.74. The molecule has 53 heavy (non-hydrogen) atoms. The summed E-state index contributed by atoms with van der Waals surface area (Å²) in [6, 6.07) is 16.6. The van der Waals surface area contributed by atoms with E-state index in [9.17, 15) is 14.4 Å². The molecule has 4 N–H and O–H groups in total. The average molecular weight is 791 g/mol. The molecular formula is C40H48BrN5O7. The zero-order valence-electron chi connectivity index (χ0n) is 30.7. The van der Waals surface area contributed by atoms with Gasteiger partial charge in [-0.15, -0.1) is 0 Å². The molecule has 0 saturated heterocycles. The van der Waals surface area contributed by atoms with Crippen LogP contribution in [0.15, 0.2) is 71.0 Å². The van der Waals surface area contributed by atoms with E-state index in [0.717, 1.165) is 28.4 Å². The summed E-state index contributed by atoms with van der Waals surface area (Å²) in [5.41, 5.74) is 10.6. The summed E-state index contributed by atoms with van der Waals surface area (Å²) in [4.78, 5) is 46.5. The van der Waals surface area contributed by atoms with E-state index in [4.69, 9.17) is 30.5 Å². The molecule has 13 heteroatoms. The van der Waals surface area contributed by atoms with E-state index in [0.29, 0.717) is 72.0 Å². The lowest BCUT2D eigenvalue weighted by Crippen LogP contribution is -2.52. The number of hydrogen-bond donors (Lipinski definition) is 2. The normalized spacial score (nSPS) is 19.8. The Bertz CT molecular complexity index is 1880. The molecule has 1 aliphatic carbocycles. The molecule has 282 valence electrons. The second kappa shape index (κ2) is 16.5. The van der Waals surface area contributed by atoms with Crippen molar-refractivity contribution < 1.29 is 33.3 Å². The zero-order chi connectivity index (χ0) is 37.8. The molecule has 6 rings (SSSR count). The van der Waals surface area contributed by atoms with Gasteiger partial charge in [0.2, 0.25) is 5.91 Å². The molecule has 2 amide bonds. The quantitative estimate of drug-likeness (QED) is 0.131. The first-order valence-corrected chi connectivity index (χ1v) is 18.8. The number of amides is 2. The maximum Gasteiger partial charge on any atom is 0.310 e. The minimum Gasteiger partial charge on any atom is -0.497 e. The Morgan fingerprint density at radius 1 is 1.02 bits per heavy atom. The summed E-state index contributed by atoms with van der Waals surface area (Å²) in [6.45, 7) is 4.59. The SMILES string of the molecule is COc1ccc(COC(=O)C2CCCCC2C(=O)N2CCc3c(Br)ccc(OC/C(N)=C/N(N)C(C)C)c3C2N2Cc3ccccc3C2=O)c(OC)c1. The third-order valence-corrected chi connectivity index (χ3v) is 11.1. The van der Waals surface area contributed by atoms with Gasteiger partial charge < -0.3 is 39.5 Å². The third kappa shape index (κ3) is 7.96. The number of fused-ring (bicyclic) bond motifs is 2. The van der Waals surface area contributed by atoms with Crippen molar-refractivity contribution >= 4 is 33.7 Å². The highest BCUT2D eigenvalue weighted by molar-refractivity contribution is 9.10. The van der Waals surface area contributed by atoms with Crippen LogP contribution in [0, 0.1) is 11.8 Å². The van der Waals surface area contributed by atoms with Crippen molar-refractivity contribution in [3.63, 3.8) is 0 Å². The minimum absolute atomic E-state index is 0.00491. The summed E-state index contributed by atoms with van der Waals surface area (Å²) in [6.07, 6.45) is 4.01. The Balaban J connectivity index is 1.32. The number of benzene rings is 3. The molecule has 0 bridgehead atoms. The van der Waals surface area contributed by atoms with Crippen molar-refractivity contribution in [3.8, 4) is 17.2 Å². The number of halogens is 1. The first-order chi connectivity index (χ1) is 25.5. The average Bonchev–Trinajstić information content (AvgIpc) is 3.51. The van der Waals surface area contributed by atoms with Crippen molar-refractivity contribution in [1.29, 1.82) is 0 Å². The maximum absolute atomic E-state index is 15.0. The van der Waals surface area contributed by atoms with Gasteiger partial charge in [0, 0.05) is 52.6 Å². The van der Waals surface area contributed by atoms with Crippen LogP contribution in [-0.2, 0) is 33.9 Å². The van der Waals surface area contributed by atoms with Gasteiger partial charge in [0.1, 0.15) is 36.6 Å². The molecule has 3 unspecified atom stereocenters. The highest BCUT2D eigenvalue weighted by Gasteiger charge is 2.47. The van der Waals surface area contributed by atoms with Crippen molar-refractivity contribution in [2.45, 2.75) is 71.3 Å². The highest BCUT2D eigenvalue weighted by Crippen LogP contribution is 2.46. The number of methoxy groups -OCH3 is 2. The number of nitrogens with two attached hydrogens (primary N) is 2. The molecule has 2 aliphatic heterocycles. The van der Waals surface area contributed by atoms with Crippen LogP contribution in [0.1, 0.15) is 78.3 Å². The van der Waals surface area contributed by atoms with E-state index in [2.05, 4.69) is 15.9 Å². The summed E-state index contributed by atoms with van der Waals surface area (Å²) in [5.74, 6) is 5.71. The third-order valence-electron chi connectivity index (χ3n) is 10.4. The van der Waals surface area contributed by atoms with Crippen molar-refractivity contribution in [3.05, 3.63) is 98.8 Å². The molecule has 2 heterocycles. The number of rotatable bonds is 12. The van der Waals surface area contributed by atoms with Gasteiger partial charge in [-0.05, 0) is 74.6 Å². The molecule has 3 aromatic carbocycles. The Hall–Kier alpha value is -4.75. The number of carbonyl (C=O) groups excluding carboxylic acids is 3. The fourth-order valence-electron chi connectivity index (χ4n) is 7.51. The minimum atomic E-state index is -0.798. The van der Waals surface area contributed by atoms with Crippen LogP contribution in [0.5, 0.6) is 17.2 Å². The Morgan fingerprint density at radius 3 is 2.49 bits per heavy atom. The fourth-order valence-corrected chi connectivity index (χ4v) is 8.05. The smallest absolute Gasteiger partial charge is 0.310 e. The fraction of sp³-hybridized carbons (Fsp3) is 0.425. The maximum atomic E-state index is 15.0. The van der Waals surface area contributed by atoms with Gasteiger partial charge in [0.25, 0.3) is 5.91 Å². The van der Waals surface area contributed by atoms with Crippen LogP contribution < -0.4 is 25.8 Å². The molecule has 3 aliphatic rings. The number of hydrogen-bond acceptors (Lipinski definition) is 10. The van der Waals surface area contributed by atoms with E-state index in [-0.39, 0.29) is 31.1 Å². The van der Waals surface area contributed by atoms with Crippen LogP contribution in [0.2, 0.25) is 0 Å². The zero-order valence-corrected chi connectivity index (χ0v) is 32.3. The lowest BCUT2D eigenvalue weighted by Gasteiger charge is -2.45. The number of hydrazine groups is 1. The van der Waals surface area contributed by atoms with Crippen LogP contribution >= 0.6 is 15.9 Å². The van der Waals surface area contributed by atoms with Gasteiger partial charge in [-0.1, -0.05) is 47.0 Å². The van der Waals surface area contributed by atoms with Gasteiger partial charge in [0.15, 0.2) is 0 Å². The van der Waals surface area contributed by atoms with E-state index in [1.54, 1.807) is 48.4 Å². The standard InChI is InChI=1S/C40H48BrN5O7/c1-24(2)46(43)21-27(42)23-52-34-16-15-33(41)32-17-18-44(37(36(32)34)45-20-25-9-5-6-10-29(25)38(45)47)39(48)30-11-7-8-12-31(30)40(49)53-22-26-13-14-28(50-3)19-35(26)51-4/h5-6,9-10,13-16,19,21,24,30-31,37H,7-8,11-12,17-18,20,22-23,42-43H2,1-4H3/b27-21-. The van der Waals surface area contributed by atoms with Crippen LogP contribution in [0.3, 0.4) is 0 Å². The predicted octanol–water partition coefficient (Wildman–Crippen LogP) is 5.82. The topological polar surface area (TPSA) is 150 Å². The number of ether oxygens (including phenoxy) is 4. The van der Waals surface area contributed by atoms with Crippen LogP contribution in [0.25, 0.3) is 0 Å². The Morgan fingerprint density at radius 2 is 1.77 bits per heavy atom.